The van der Waals surface area contributed by atoms with Crippen molar-refractivity contribution in [3.8, 4) is 0 Å². The van der Waals surface area contributed by atoms with Gasteiger partial charge in [-0.3, -0.25) is 4.79 Å². The summed E-state index contributed by atoms with van der Waals surface area (Å²) in [7, 11) is 0. The molecule has 0 amide bonds. The molecule has 0 N–H and O–H groups in total. The predicted molar refractivity (Wildman–Crippen MR) is 64.6 cm³/mol. The summed E-state index contributed by atoms with van der Waals surface area (Å²) >= 11 is 8.89. The number of ether oxygens (including phenoxy) is 2. The number of hydrogen-bond donors (Lipinski definition) is 0. The van der Waals surface area contributed by atoms with E-state index in [1.165, 1.54) is 13.2 Å². The van der Waals surface area contributed by atoms with Crippen molar-refractivity contribution in [3.05, 3.63) is 45.8 Å². The summed E-state index contributed by atoms with van der Waals surface area (Å²) in [5.74, 6) is -0.478. The summed E-state index contributed by atoms with van der Waals surface area (Å²) in [6.45, 7) is 1.63. The predicted octanol–water partition coefficient (Wildman–Crippen LogP) is 3.57. The van der Waals surface area contributed by atoms with Gasteiger partial charge in [0.15, 0.2) is 0 Å². The Balaban J connectivity index is 2.40. The van der Waals surface area contributed by atoms with Crippen LogP contribution in [0.3, 0.4) is 0 Å². The van der Waals surface area contributed by atoms with E-state index in [4.69, 9.17) is 16.3 Å². The van der Waals surface area contributed by atoms with E-state index in [0.29, 0.717) is 6.61 Å². The Hall–Kier alpha value is -1.000. The van der Waals surface area contributed by atoms with Crippen LogP contribution in [0.1, 0.15) is 12.5 Å². The first-order valence-electron chi connectivity index (χ1n) is 4.48. The van der Waals surface area contributed by atoms with E-state index in [1.54, 1.807) is 0 Å². The Labute approximate surface area is 107 Å². The average molecular weight is 306 g/mol. The second kappa shape index (κ2) is 6.55. The molecule has 1 rings (SSSR count). The minimum atomic E-state index is -0.478. The quantitative estimate of drug-likeness (QED) is 0.630. The third-order valence-electron chi connectivity index (χ3n) is 1.58. The molecule has 0 saturated carbocycles. The van der Waals surface area contributed by atoms with Gasteiger partial charge in [-0.1, -0.05) is 28.1 Å². The van der Waals surface area contributed by atoms with Crippen LogP contribution in [-0.4, -0.2) is 5.97 Å². The molecule has 0 saturated heterocycles. The maximum absolute atomic E-state index is 10.5. The number of carbonyl (C=O) groups excluding carboxylic acids is 1. The standard InChI is InChI=1S/C11H10BrClO3/c1-8(14)16-11(13)7-15-6-9-2-4-10(12)5-3-9/h2-5,7H,6H2,1H3/b11-7+. The molecule has 16 heavy (non-hydrogen) atoms. The van der Waals surface area contributed by atoms with Crippen LogP contribution in [-0.2, 0) is 20.9 Å². The zero-order valence-electron chi connectivity index (χ0n) is 8.57. The zero-order valence-corrected chi connectivity index (χ0v) is 10.9. The molecule has 1 aromatic carbocycles. The minimum Gasteiger partial charge on any atom is -0.492 e. The first-order valence-corrected chi connectivity index (χ1v) is 5.65. The lowest BCUT2D eigenvalue weighted by atomic mass is 10.2. The Bertz CT molecular complexity index is 387. The Kier molecular flexibility index (Phi) is 5.35. The molecule has 1 aromatic rings. The van der Waals surface area contributed by atoms with Crippen molar-refractivity contribution in [2.45, 2.75) is 13.5 Å². The average Bonchev–Trinajstić information content (AvgIpc) is 2.20. The van der Waals surface area contributed by atoms with Gasteiger partial charge in [-0.2, -0.15) is 0 Å². The van der Waals surface area contributed by atoms with Crippen molar-refractivity contribution in [1.29, 1.82) is 0 Å². The van der Waals surface area contributed by atoms with Crippen LogP contribution >= 0.6 is 27.5 Å². The van der Waals surface area contributed by atoms with Crippen molar-refractivity contribution < 1.29 is 14.3 Å². The van der Waals surface area contributed by atoms with E-state index in [-0.39, 0.29) is 5.22 Å². The Morgan fingerprint density at radius 3 is 2.62 bits per heavy atom. The van der Waals surface area contributed by atoms with E-state index < -0.39 is 5.97 Å². The number of rotatable bonds is 4. The van der Waals surface area contributed by atoms with Gasteiger partial charge >= 0.3 is 5.97 Å². The van der Waals surface area contributed by atoms with Crippen molar-refractivity contribution >= 4 is 33.5 Å². The molecule has 0 aliphatic heterocycles. The van der Waals surface area contributed by atoms with Gasteiger partial charge in [0.05, 0.1) is 0 Å². The maximum Gasteiger partial charge on any atom is 0.308 e. The fraction of sp³-hybridized carbons (Fsp3) is 0.182. The smallest absolute Gasteiger partial charge is 0.308 e. The molecule has 0 aromatic heterocycles. The molecule has 0 aliphatic carbocycles. The highest BCUT2D eigenvalue weighted by Crippen LogP contribution is 2.12. The SMILES string of the molecule is CC(=O)O/C(Cl)=C/OCc1ccc(Br)cc1. The normalized spacial score (nSPS) is 11.1. The molecule has 0 heterocycles. The Morgan fingerprint density at radius 1 is 1.44 bits per heavy atom. The fourth-order valence-corrected chi connectivity index (χ4v) is 1.38. The second-order valence-corrected chi connectivity index (χ2v) is 4.24. The molecular formula is C11H10BrClO3. The van der Waals surface area contributed by atoms with Crippen molar-refractivity contribution in [1.82, 2.24) is 0 Å². The van der Waals surface area contributed by atoms with Gasteiger partial charge < -0.3 is 9.47 Å². The van der Waals surface area contributed by atoms with Gasteiger partial charge in [0.25, 0.3) is 0 Å². The lowest BCUT2D eigenvalue weighted by molar-refractivity contribution is -0.136. The van der Waals surface area contributed by atoms with Crippen LogP contribution in [0.25, 0.3) is 0 Å². The molecule has 0 bridgehead atoms. The molecule has 0 unspecified atom stereocenters. The molecule has 86 valence electrons. The summed E-state index contributed by atoms with van der Waals surface area (Å²) in [6, 6.07) is 7.65. The minimum absolute atomic E-state index is 0.0791. The van der Waals surface area contributed by atoms with Crippen LogP contribution in [0, 0.1) is 0 Å². The van der Waals surface area contributed by atoms with Crippen LogP contribution < -0.4 is 0 Å². The molecule has 0 spiro atoms. The molecule has 0 aliphatic rings. The summed E-state index contributed by atoms with van der Waals surface area (Å²) in [5.41, 5.74) is 0.992. The summed E-state index contributed by atoms with van der Waals surface area (Å²) in [5, 5.41) is -0.0791. The molecular weight excluding hydrogens is 295 g/mol. The molecule has 0 fully saturated rings. The van der Waals surface area contributed by atoms with Crippen LogP contribution in [0.2, 0.25) is 0 Å². The van der Waals surface area contributed by atoms with Crippen molar-refractivity contribution in [3.63, 3.8) is 0 Å². The first kappa shape index (κ1) is 13.1. The van der Waals surface area contributed by atoms with Gasteiger partial charge in [0.1, 0.15) is 12.9 Å². The van der Waals surface area contributed by atoms with Gasteiger partial charge in [-0.15, -0.1) is 0 Å². The maximum atomic E-state index is 10.5. The van der Waals surface area contributed by atoms with Crippen LogP contribution in [0.15, 0.2) is 40.2 Å². The van der Waals surface area contributed by atoms with E-state index in [9.17, 15) is 4.79 Å². The molecule has 3 nitrogen and oxygen atoms in total. The third-order valence-corrected chi connectivity index (χ3v) is 2.28. The van der Waals surface area contributed by atoms with Crippen molar-refractivity contribution in [2.24, 2.45) is 0 Å². The fourth-order valence-electron chi connectivity index (χ4n) is 0.945. The topological polar surface area (TPSA) is 35.5 Å². The lowest BCUT2D eigenvalue weighted by Gasteiger charge is -2.02. The largest absolute Gasteiger partial charge is 0.492 e. The van der Waals surface area contributed by atoms with Crippen LogP contribution in [0.4, 0.5) is 0 Å². The third kappa shape index (κ3) is 5.19. The molecule has 5 heteroatoms. The molecule has 0 radical (unpaired) electrons. The highest BCUT2D eigenvalue weighted by molar-refractivity contribution is 9.10. The summed E-state index contributed by atoms with van der Waals surface area (Å²) in [6.07, 6.45) is 1.20. The van der Waals surface area contributed by atoms with E-state index in [0.717, 1.165) is 10.0 Å². The van der Waals surface area contributed by atoms with Gasteiger partial charge in [-0.25, -0.2) is 0 Å². The number of hydrogen-bond acceptors (Lipinski definition) is 3. The number of esters is 1. The van der Waals surface area contributed by atoms with Gasteiger partial charge in [0.2, 0.25) is 5.22 Å². The number of benzene rings is 1. The lowest BCUT2D eigenvalue weighted by Crippen LogP contribution is -1.95. The monoisotopic (exact) mass is 304 g/mol. The van der Waals surface area contributed by atoms with E-state index >= 15 is 0 Å². The van der Waals surface area contributed by atoms with E-state index in [1.807, 2.05) is 24.3 Å². The molecule has 0 atom stereocenters. The first-order chi connectivity index (χ1) is 7.58. The van der Waals surface area contributed by atoms with Crippen LogP contribution in [0.5, 0.6) is 0 Å². The van der Waals surface area contributed by atoms with Gasteiger partial charge in [0, 0.05) is 11.4 Å². The highest BCUT2D eigenvalue weighted by Gasteiger charge is 1.98. The van der Waals surface area contributed by atoms with Crippen molar-refractivity contribution in [2.75, 3.05) is 0 Å². The highest BCUT2D eigenvalue weighted by atomic mass is 79.9. The second-order valence-electron chi connectivity index (χ2n) is 2.95. The summed E-state index contributed by atoms with van der Waals surface area (Å²) in [4.78, 5) is 10.5. The number of halogens is 2. The van der Waals surface area contributed by atoms with Gasteiger partial charge in [-0.05, 0) is 29.3 Å². The van der Waals surface area contributed by atoms with E-state index in [2.05, 4.69) is 20.7 Å². The number of carbonyl (C=O) groups is 1. The zero-order chi connectivity index (χ0) is 12.0. The Morgan fingerprint density at radius 2 is 2.06 bits per heavy atom. The summed E-state index contributed by atoms with van der Waals surface area (Å²) < 4.78 is 10.7.